The number of aryl methyl sites for hydroxylation is 1. The van der Waals surface area contributed by atoms with Crippen LogP contribution < -0.4 is 5.56 Å². The lowest BCUT2D eigenvalue weighted by Crippen LogP contribution is -2.25. The van der Waals surface area contributed by atoms with Crippen LogP contribution in [-0.2, 0) is 29.7 Å². The van der Waals surface area contributed by atoms with Crippen molar-refractivity contribution in [3.05, 3.63) is 64.9 Å². The number of hydrogen-bond donors (Lipinski definition) is 0. The molecular formula is C18H14FN5O4. The minimum atomic E-state index is -0.626. The number of esters is 1. The highest BCUT2D eigenvalue weighted by Crippen LogP contribution is 2.19. The number of aromatic nitrogens is 5. The number of carbonyl (C=O) groups is 1. The van der Waals surface area contributed by atoms with Gasteiger partial charge in [0.1, 0.15) is 42.6 Å². The van der Waals surface area contributed by atoms with Crippen LogP contribution in [0.1, 0.15) is 5.69 Å². The zero-order valence-electron chi connectivity index (χ0n) is 14.7. The van der Waals surface area contributed by atoms with Gasteiger partial charge < -0.3 is 9.15 Å². The number of fused-ring (bicyclic) bond motifs is 1. The van der Waals surface area contributed by atoms with Crippen molar-refractivity contribution >= 4 is 17.0 Å². The van der Waals surface area contributed by atoms with E-state index in [1.165, 1.54) is 47.7 Å². The predicted octanol–water partition coefficient (Wildman–Crippen LogP) is 1.67. The van der Waals surface area contributed by atoms with Gasteiger partial charge in [0.2, 0.25) is 5.89 Å². The van der Waals surface area contributed by atoms with Gasteiger partial charge in [-0.25, -0.2) is 14.4 Å². The molecule has 3 heterocycles. The molecule has 10 heteroatoms. The molecule has 142 valence electrons. The Hall–Kier alpha value is -3.82. The van der Waals surface area contributed by atoms with Crippen LogP contribution in [-0.4, -0.2) is 30.3 Å². The zero-order valence-corrected chi connectivity index (χ0v) is 14.7. The minimum Gasteiger partial charge on any atom is -0.458 e. The average Bonchev–Trinajstić information content (AvgIpc) is 3.30. The van der Waals surface area contributed by atoms with Crippen molar-refractivity contribution in [1.82, 2.24) is 24.3 Å². The van der Waals surface area contributed by atoms with Crippen molar-refractivity contribution in [3.8, 4) is 11.5 Å². The molecular weight excluding hydrogens is 369 g/mol. The van der Waals surface area contributed by atoms with Crippen LogP contribution in [0.2, 0.25) is 0 Å². The molecule has 0 atom stereocenters. The van der Waals surface area contributed by atoms with Crippen molar-refractivity contribution in [3.63, 3.8) is 0 Å². The molecule has 3 aromatic heterocycles. The van der Waals surface area contributed by atoms with E-state index < -0.39 is 5.97 Å². The summed E-state index contributed by atoms with van der Waals surface area (Å²) in [5.74, 6) is -0.703. The standard InChI is InChI=1S/C18H14FN5O4/c1-23-16-14(6-21-23)18(26)24(10-20-16)7-15(25)27-8-13-9-28-17(22-13)11-2-4-12(19)5-3-11/h2-6,9-10H,7-8H2,1H3. The summed E-state index contributed by atoms with van der Waals surface area (Å²) in [7, 11) is 1.67. The molecule has 0 fully saturated rings. The second kappa shape index (κ2) is 7.06. The van der Waals surface area contributed by atoms with E-state index in [0.29, 0.717) is 22.3 Å². The molecule has 1 aromatic carbocycles. The van der Waals surface area contributed by atoms with Gasteiger partial charge in [0.15, 0.2) is 5.65 Å². The number of oxazole rings is 1. The predicted molar refractivity (Wildman–Crippen MR) is 94.5 cm³/mol. The quantitative estimate of drug-likeness (QED) is 0.483. The van der Waals surface area contributed by atoms with Crippen LogP contribution in [0.3, 0.4) is 0 Å². The molecule has 0 saturated heterocycles. The van der Waals surface area contributed by atoms with E-state index in [2.05, 4.69) is 15.1 Å². The van der Waals surface area contributed by atoms with Crippen molar-refractivity contribution < 1.29 is 18.3 Å². The molecule has 0 aliphatic rings. The smallest absolute Gasteiger partial charge is 0.326 e. The Labute approximate surface area is 157 Å². The highest BCUT2D eigenvalue weighted by Gasteiger charge is 2.13. The van der Waals surface area contributed by atoms with Crippen molar-refractivity contribution in [2.45, 2.75) is 13.2 Å². The molecule has 0 N–H and O–H groups in total. The van der Waals surface area contributed by atoms with Gasteiger partial charge in [-0.1, -0.05) is 0 Å². The van der Waals surface area contributed by atoms with Crippen LogP contribution in [0.5, 0.6) is 0 Å². The maximum Gasteiger partial charge on any atom is 0.326 e. The van der Waals surface area contributed by atoms with Gasteiger partial charge in [0, 0.05) is 12.6 Å². The van der Waals surface area contributed by atoms with Crippen molar-refractivity contribution in [2.75, 3.05) is 0 Å². The molecule has 9 nitrogen and oxygen atoms in total. The number of nitrogens with zero attached hydrogens (tertiary/aromatic N) is 5. The van der Waals surface area contributed by atoms with Crippen LogP contribution in [0.25, 0.3) is 22.5 Å². The molecule has 28 heavy (non-hydrogen) atoms. The minimum absolute atomic E-state index is 0.124. The first-order chi connectivity index (χ1) is 13.5. The normalized spacial score (nSPS) is 11.1. The fourth-order valence-electron chi connectivity index (χ4n) is 2.62. The van der Waals surface area contributed by atoms with E-state index in [1.54, 1.807) is 7.05 Å². The Kier molecular flexibility index (Phi) is 4.44. The second-order valence-electron chi connectivity index (χ2n) is 5.99. The van der Waals surface area contributed by atoms with E-state index in [-0.39, 0.29) is 30.4 Å². The van der Waals surface area contributed by atoms with Crippen LogP contribution >= 0.6 is 0 Å². The highest BCUT2D eigenvalue weighted by atomic mass is 19.1. The highest BCUT2D eigenvalue weighted by molar-refractivity contribution is 5.74. The molecule has 0 bridgehead atoms. The van der Waals surface area contributed by atoms with E-state index in [9.17, 15) is 14.0 Å². The number of benzene rings is 1. The summed E-state index contributed by atoms with van der Waals surface area (Å²) in [6.45, 7) is -0.416. The molecule has 0 spiro atoms. The maximum atomic E-state index is 13.0. The summed E-state index contributed by atoms with van der Waals surface area (Å²) in [5.41, 5.74) is 1.04. The van der Waals surface area contributed by atoms with Gasteiger partial charge in [-0.3, -0.25) is 18.8 Å². The Morgan fingerprint density at radius 1 is 1.29 bits per heavy atom. The molecule has 4 rings (SSSR count). The molecule has 0 aliphatic carbocycles. The van der Waals surface area contributed by atoms with E-state index >= 15 is 0 Å². The van der Waals surface area contributed by atoms with Crippen LogP contribution in [0.15, 0.2) is 52.3 Å². The van der Waals surface area contributed by atoms with Gasteiger partial charge in [0.05, 0.1) is 6.20 Å². The fraction of sp³-hybridized carbons (Fsp3) is 0.167. The molecule has 0 amide bonds. The molecule has 4 aromatic rings. The summed E-state index contributed by atoms with van der Waals surface area (Å²) in [6.07, 6.45) is 4.02. The third kappa shape index (κ3) is 3.39. The van der Waals surface area contributed by atoms with Gasteiger partial charge >= 0.3 is 5.97 Å². The first-order valence-corrected chi connectivity index (χ1v) is 8.24. The zero-order chi connectivity index (χ0) is 19.7. The molecule has 0 saturated carbocycles. The largest absolute Gasteiger partial charge is 0.458 e. The topological polar surface area (TPSA) is 105 Å². The Bertz CT molecular complexity index is 1210. The van der Waals surface area contributed by atoms with Crippen molar-refractivity contribution in [2.24, 2.45) is 7.05 Å². The van der Waals surface area contributed by atoms with Crippen molar-refractivity contribution in [1.29, 1.82) is 0 Å². The maximum absolute atomic E-state index is 13.0. The summed E-state index contributed by atoms with van der Waals surface area (Å²) in [4.78, 5) is 32.7. The number of halogens is 1. The Morgan fingerprint density at radius 2 is 2.07 bits per heavy atom. The monoisotopic (exact) mass is 383 g/mol. The molecule has 0 radical (unpaired) electrons. The lowest BCUT2D eigenvalue weighted by atomic mass is 10.2. The summed E-state index contributed by atoms with van der Waals surface area (Å²) >= 11 is 0. The van der Waals surface area contributed by atoms with E-state index in [0.717, 1.165) is 4.57 Å². The summed E-state index contributed by atoms with van der Waals surface area (Å²) in [5, 5.41) is 4.29. The third-order valence-corrected chi connectivity index (χ3v) is 4.04. The van der Waals surface area contributed by atoms with Gasteiger partial charge in [-0.15, -0.1) is 0 Å². The second-order valence-corrected chi connectivity index (χ2v) is 5.99. The van der Waals surface area contributed by atoms with Gasteiger partial charge in [-0.2, -0.15) is 5.10 Å². The fourth-order valence-corrected chi connectivity index (χ4v) is 2.62. The lowest BCUT2D eigenvalue weighted by Gasteiger charge is -2.05. The summed E-state index contributed by atoms with van der Waals surface area (Å²) < 4.78 is 26.1. The SMILES string of the molecule is Cn1ncc2c(=O)n(CC(=O)OCc3coc(-c4ccc(F)cc4)n3)cnc21. The average molecular weight is 383 g/mol. The van der Waals surface area contributed by atoms with Gasteiger partial charge in [0.25, 0.3) is 5.56 Å². The summed E-state index contributed by atoms with van der Waals surface area (Å²) in [6, 6.07) is 5.66. The first kappa shape index (κ1) is 17.6. The van der Waals surface area contributed by atoms with Crippen LogP contribution in [0, 0.1) is 5.82 Å². The number of hydrogen-bond acceptors (Lipinski definition) is 7. The number of ether oxygens (including phenoxy) is 1. The molecule has 0 aliphatic heterocycles. The Morgan fingerprint density at radius 3 is 2.86 bits per heavy atom. The van der Waals surface area contributed by atoms with E-state index in [1.807, 2.05) is 0 Å². The number of rotatable bonds is 5. The van der Waals surface area contributed by atoms with Crippen LogP contribution in [0.4, 0.5) is 4.39 Å². The number of carbonyl (C=O) groups excluding carboxylic acids is 1. The molecule has 0 unspecified atom stereocenters. The van der Waals surface area contributed by atoms with E-state index in [4.69, 9.17) is 9.15 Å². The first-order valence-electron chi connectivity index (χ1n) is 8.24. The Balaban J connectivity index is 1.40. The van der Waals surface area contributed by atoms with Gasteiger partial charge in [-0.05, 0) is 24.3 Å². The lowest BCUT2D eigenvalue weighted by molar-refractivity contribution is -0.145. The third-order valence-electron chi connectivity index (χ3n) is 4.04.